The molecule has 0 radical (unpaired) electrons. The van der Waals surface area contributed by atoms with Crippen molar-refractivity contribution in [2.45, 2.75) is 69.6 Å². The Morgan fingerprint density at radius 3 is 2.57 bits per heavy atom. The highest BCUT2D eigenvalue weighted by Gasteiger charge is 2.41. The van der Waals surface area contributed by atoms with Crippen LogP contribution < -0.4 is 5.32 Å². The molecule has 3 aromatic rings. The van der Waals surface area contributed by atoms with Crippen molar-refractivity contribution in [3.63, 3.8) is 0 Å². The number of nitrogens with zero attached hydrogens (tertiary/aromatic N) is 4. The van der Waals surface area contributed by atoms with E-state index in [0.717, 1.165) is 67.7 Å². The van der Waals surface area contributed by atoms with Gasteiger partial charge in [-0.25, -0.2) is 18.4 Å². The van der Waals surface area contributed by atoms with E-state index < -0.39 is 33.2 Å². The number of hydrogen-bond donors (Lipinski definition) is 1. The van der Waals surface area contributed by atoms with E-state index in [1.807, 2.05) is 19.9 Å². The van der Waals surface area contributed by atoms with Gasteiger partial charge in [-0.05, 0) is 60.5 Å². The Morgan fingerprint density at radius 2 is 1.90 bits per heavy atom. The van der Waals surface area contributed by atoms with Crippen molar-refractivity contribution < 1.29 is 26.4 Å². The summed E-state index contributed by atoms with van der Waals surface area (Å²) in [5.74, 6) is -0.637. The SMILES string of the molecule is CCN1CCc2cc(Nc3ncc(C(F)(F)F)c(-c4cc5c(s4)C(=O)N(C4CC4)CCS5(=O)=O)n3)c(C(C)C)cc2C1. The normalized spacial score (nSPS) is 19.0. The zero-order chi connectivity index (χ0) is 30.0. The Balaban J connectivity index is 1.42. The van der Waals surface area contributed by atoms with Crippen LogP contribution in [0.4, 0.5) is 24.8 Å². The number of aromatic nitrogens is 2. The molecule has 0 atom stereocenters. The first kappa shape index (κ1) is 29.1. The monoisotopic (exact) mass is 619 g/mol. The van der Waals surface area contributed by atoms with Crippen LogP contribution in [-0.4, -0.2) is 65.5 Å². The summed E-state index contributed by atoms with van der Waals surface area (Å²) in [5, 5.41) is 3.15. The average Bonchev–Trinajstić information content (AvgIpc) is 3.68. The number of hydrogen-bond acceptors (Lipinski definition) is 8. The zero-order valence-corrected chi connectivity index (χ0v) is 25.2. The van der Waals surface area contributed by atoms with Gasteiger partial charge < -0.3 is 10.2 Å². The van der Waals surface area contributed by atoms with Gasteiger partial charge in [0.15, 0.2) is 9.84 Å². The Hall–Kier alpha value is -3.03. The predicted octanol–water partition coefficient (Wildman–Crippen LogP) is 5.86. The van der Waals surface area contributed by atoms with Gasteiger partial charge in [-0.2, -0.15) is 13.2 Å². The number of anilines is 2. The molecule has 3 aliphatic rings. The molecule has 42 heavy (non-hydrogen) atoms. The summed E-state index contributed by atoms with van der Waals surface area (Å²) in [6.45, 7) is 9.03. The van der Waals surface area contributed by atoms with Crippen LogP contribution >= 0.6 is 11.3 Å². The molecule has 224 valence electrons. The van der Waals surface area contributed by atoms with E-state index in [1.54, 1.807) is 0 Å². The quantitative estimate of drug-likeness (QED) is 0.369. The van der Waals surface area contributed by atoms with Crippen LogP contribution in [0, 0.1) is 0 Å². The third-order valence-electron chi connectivity index (χ3n) is 8.18. The van der Waals surface area contributed by atoms with Gasteiger partial charge >= 0.3 is 6.18 Å². The molecule has 13 heteroatoms. The fraction of sp³-hybridized carbons (Fsp3) is 0.483. The number of benzene rings is 1. The summed E-state index contributed by atoms with van der Waals surface area (Å²) in [6, 6.07) is 5.32. The Morgan fingerprint density at radius 1 is 1.14 bits per heavy atom. The van der Waals surface area contributed by atoms with Crippen molar-refractivity contribution in [3.05, 3.63) is 51.5 Å². The lowest BCUT2D eigenvalue weighted by molar-refractivity contribution is -0.137. The van der Waals surface area contributed by atoms with Crippen molar-refractivity contribution in [1.29, 1.82) is 0 Å². The lowest BCUT2D eigenvalue weighted by Gasteiger charge is -2.29. The molecule has 8 nitrogen and oxygen atoms in total. The van der Waals surface area contributed by atoms with Crippen LogP contribution in [0.25, 0.3) is 10.6 Å². The molecule has 1 aliphatic carbocycles. The summed E-state index contributed by atoms with van der Waals surface area (Å²) in [6.07, 6.45) is -1.64. The van der Waals surface area contributed by atoms with Gasteiger partial charge in [-0.3, -0.25) is 9.69 Å². The topological polar surface area (TPSA) is 95.5 Å². The number of alkyl halides is 3. The lowest BCUT2D eigenvalue weighted by atomic mass is 9.91. The molecular weight excluding hydrogens is 587 g/mol. The van der Waals surface area contributed by atoms with Crippen LogP contribution in [-0.2, 0) is 29.0 Å². The number of likely N-dealkylation sites (N-methyl/N-ethyl adjacent to an activating group) is 1. The minimum absolute atomic E-state index is 0.0263. The molecule has 0 saturated heterocycles. The first-order valence-electron chi connectivity index (χ1n) is 14.1. The molecule has 4 heterocycles. The van der Waals surface area contributed by atoms with Crippen LogP contribution in [0.15, 0.2) is 29.3 Å². The maximum absolute atomic E-state index is 14.2. The van der Waals surface area contributed by atoms with Gasteiger partial charge in [0.2, 0.25) is 5.95 Å². The minimum atomic E-state index is -4.79. The maximum atomic E-state index is 14.2. The second kappa shape index (κ2) is 10.6. The second-order valence-corrected chi connectivity index (χ2v) is 14.5. The summed E-state index contributed by atoms with van der Waals surface area (Å²) in [5.41, 5.74) is 2.57. The fourth-order valence-corrected chi connectivity index (χ4v) is 8.58. The summed E-state index contributed by atoms with van der Waals surface area (Å²) < 4.78 is 68.7. The van der Waals surface area contributed by atoms with Gasteiger partial charge in [0.1, 0.15) is 10.4 Å². The molecule has 1 amide bonds. The highest BCUT2D eigenvalue weighted by Crippen LogP contribution is 2.43. The van der Waals surface area contributed by atoms with Crippen molar-refractivity contribution in [3.8, 4) is 10.6 Å². The predicted molar refractivity (Wildman–Crippen MR) is 155 cm³/mol. The number of amides is 1. The van der Waals surface area contributed by atoms with Gasteiger partial charge in [0.05, 0.1) is 21.2 Å². The van der Waals surface area contributed by atoms with E-state index in [2.05, 4.69) is 33.2 Å². The van der Waals surface area contributed by atoms with E-state index in [-0.39, 0.29) is 44.9 Å². The third kappa shape index (κ3) is 5.42. The van der Waals surface area contributed by atoms with Gasteiger partial charge in [-0.1, -0.05) is 26.8 Å². The van der Waals surface area contributed by atoms with Crippen LogP contribution in [0.3, 0.4) is 0 Å². The van der Waals surface area contributed by atoms with Gasteiger partial charge in [0.25, 0.3) is 5.91 Å². The molecule has 1 aromatic carbocycles. The molecule has 0 unspecified atom stereocenters. The van der Waals surface area contributed by atoms with E-state index in [1.165, 1.54) is 22.1 Å². The Bertz CT molecular complexity index is 1670. The Kier molecular flexibility index (Phi) is 7.33. The molecule has 0 bridgehead atoms. The summed E-state index contributed by atoms with van der Waals surface area (Å²) in [7, 11) is -3.87. The number of carbonyl (C=O) groups excluding carboxylic acids is 1. The van der Waals surface area contributed by atoms with Crippen LogP contribution in [0.2, 0.25) is 0 Å². The lowest BCUT2D eigenvalue weighted by Crippen LogP contribution is -2.34. The maximum Gasteiger partial charge on any atom is 0.420 e. The summed E-state index contributed by atoms with van der Waals surface area (Å²) in [4.78, 5) is 25.2. The standard InChI is InChI=1S/C29H32F3N5O3S2/c1-4-36-8-7-17-12-22(20(16(2)3)11-18(17)15-36)34-28-33-14-21(29(30,31)32)25(35-28)23-13-24-26(41-23)27(38)37(19-5-6-19)9-10-42(24,39)40/h11-14,16,19H,4-10,15H2,1-3H3,(H,33,34,35). The van der Waals surface area contributed by atoms with Gasteiger partial charge in [-0.15, -0.1) is 11.3 Å². The number of rotatable bonds is 6. The second-order valence-electron chi connectivity index (χ2n) is 11.4. The highest BCUT2D eigenvalue weighted by atomic mass is 32.2. The molecule has 1 N–H and O–H groups in total. The number of thiophene rings is 1. The van der Waals surface area contributed by atoms with E-state index in [4.69, 9.17) is 0 Å². The van der Waals surface area contributed by atoms with Crippen molar-refractivity contribution >= 4 is 38.7 Å². The summed E-state index contributed by atoms with van der Waals surface area (Å²) >= 11 is 0.742. The van der Waals surface area contributed by atoms with Crippen LogP contribution in [0.1, 0.15) is 71.5 Å². The van der Waals surface area contributed by atoms with Crippen molar-refractivity contribution in [1.82, 2.24) is 19.8 Å². The fourth-order valence-electron chi connectivity index (χ4n) is 5.67. The molecule has 1 fully saturated rings. The van der Waals surface area contributed by atoms with E-state index >= 15 is 0 Å². The average molecular weight is 620 g/mol. The number of fused-ring (bicyclic) bond motifs is 2. The van der Waals surface area contributed by atoms with Gasteiger partial charge in [0, 0.05) is 37.6 Å². The highest BCUT2D eigenvalue weighted by molar-refractivity contribution is 7.91. The molecular formula is C29H32F3N5O3S2. The molecule has 2 aliphatic heterocycles. The van der Waals surface area contributed by atoms with Crippen LogP contribution in [0.5, 0.6) is 0 Å². The third-order valence-corrected chi connectivity index (χ3v) is 11.2. The van der Waals surface area contributed by atoms with E-state index in [0.29, 0.717) is 0 Å². The molecule has 0 spiro atoms. The number of halogens is 3. The first-order chi connectivity index (χ1) is 19.9. The molecule has 6 rings (SSSR count). The Labute approximate surface area is 246 Å². The molecule has 2 aromatic heterocycles. The van der Waals surface area contributed by atoms with Crippen molar-refractivity contribution in [2.75, 3.05) is 30.7 Å². The largest absolute Gasteiger partial charge is 0.420 e. The number of nitrogens with one attached hydrogen (secondary N) is 1. The minimum Gasteiger partial charge on any atom is -0.334 e. The molecule has 1 saturated carbocycles. The van der Waals surface area contributed by atoms with E-state index in [9.17, 15) is 26.4 Å². The zero-order valence-electron chi connectivity index (χ0n) is 23.6. The number of carbonyl (C=O) groups is 1. The van der Waals surface area contributed by atoms with Crippen molar-refractivity contribution in [2.24, 2.45) is 0 Å². The first-order valence-corrected chi connectivity index (χ1v) is 16.6. The number of sulfone groups is 1. The smallest absolute Gasteiger partial charge is 0.334 e.